The normalized spacial score (nSPS) is 17.7. The van der Waals surface area contributed by atoms with Crippen LogP contribution in [0.25, 0.3) is 0 Å². The first kappa shape index (κ1) is 21.1. The Morgan fingerprint density at radius 1 is 1.32 bits per heavy atom. The van der Waals surface area contributed by atoms with Gasteiger partial charge in [-0.3, -0.25) is 4.79 Å². The van der Waals surface area contributed by atoms with Gasteiger partial charge in [-0.05, 0) is 30.8 Å². The monoisotopic (exact) mass is 314 g/mol. The van der Waals surface area contributed by atoms with Gasteiger partial charge in [0.15, 0.2) is 0 Å². The zero-order valence-corrected chi connectivity index (χ0v) is 14.9. The summed E-state index contributed by atoms with van der Waals surface area (Å²) in [5, 5.41) is 21.0. The van der Waals surface area contributed by atoms with Crippen LogP contribution in [-0.2, 0) is 9.53 Å². The minimum atomic E-state index is -0.921. The number of esters is 1. The zero-order chi connectivity index (χ0) is 17.2. The van der Waals surface area contributed by atoms with Crippen molar-refractivity contribution in [2.75, 3.05) is 7.11 Å². The molecule has 0 spiro atoms. The molecule has 0 aromatic carbocycles. The van der Waals surface area contributed by atoms with E-state index in [9.17, 15) is 15.0 Å². The number of hydrogen-bond donors (Lipinski definition) is 2. The van der Waals surface area contributed by atoms with Gasteiger partial charge in [0, 0.05) is 0 Å². The van der Waals surface area contributed by atoms with Crippen molar-refractivity contribution in [1.29, 1.82) is 0 Å². The summed E-state index contributed by atoms with van der Waals surface area (Å²) < 4.78 is 4.59. The number of rotatable bonds is 11. The first-order valence-corrected chi connectivity index (χ1v) is 8.50. The van der Waals surface area contributed by atoms with Crippen LogP contribution in [0, 0.1) is 5.92 Å². The fraction of sp³-hybridized carbons (Fsp3) is 0.833. The highest BCUT2D eigenvalue weighted by Crippen LogP contribution is 2.28. The number of ether oxygens (including phenoxy) is 1. The molecule has 4 nitrogen and oxygen atoms in total. The van der Waals surface area contributed by atoms with Gasteiger partial charge in [0.25, 0.3) is 0 Å². The Bertz CT molecular complexity index is 351. The van der Waals surface area contributed by atoms with E-state index in [-0.39, 0.29) is 6.42 Å². The van der Waals surface area contributed by atoms with Crippen LogP contribution in [0.4, 0.5) is 0 Å². The van der Waals surface area contributed by atoms with Crippen molar-refractivity contribution in [3.8, 4) is 0 Å². The first-order valence-electron chi connectivity index (χ1n) is 8.50. The predicted octanol–water partition coefficient (Wildman–Crippen LogP) is 3.60. The van der Waals surface area contributed by atoms with Crippen molar-refractivity contribution in [3.63, 3.8) is 0 Å². The molecule has 130 valence electrons. The first-order chi connectivity index (χ1) is 10.3. The van der Waals surface area contributed by atoms with E-state index in [4.69, 9.17) is 0 Å². The smallest absolute Gasteiger partial charge is 0.308 e. The van der Waals surface area contributed by atoms with Crippen molar-refractivity contribution in [2.45, 2.75) is 84.3 Å². The Morgan fingerprint density at radius 2 is 1.95 bits per heavy atom. The van der Waals surface area contributed by atoms with Crippen LogP contribution in [0.5, 0.6) is 0 Å². The zero-order valence-electron chi connectivity index (χ0n) is 14.9. The minimum absolute atomic E-state index is 0.0681. The van der Waals surface area contributed by atoms with E-state index in [1.165, 1.54) is 7.11 Å². The molecule has 0 aliphatic carbocycles. The molecule has 4 heteroatoms. The summed E-state index contributed by atoms with van der Waals surface area (Å²) in [6, 6.07) is 0. The second-order valence-corrected chi connectivity index (χ2v) is 6.28. The third-order valence-corrected chi connectivity index (χ3v) is 4.24. The van der Waals surface area contributed by atoms with Crippen LogP contribution in [0.3, 0.4) is 0 Å². The number of aliphatic hydroxyl groups excluding tert-OH is 1. The van der Waals surface area contributed by atoms with Gasteiger partial charge >= 0.3 is 5.97 Å². The molecule has 0 saturated heterocycles. The summed E-state index contributed by atoms with van der Waals surface area (Å²) >= 11 is 0. The fourth-order valence-corrected chi connectivity index (χ4v) is 2.71. The largest absolute Gasteiger partial charge is 0.469 e. The quantitative estimate of drug-likeness (QED) is 0.452. The van der Waals surface area contributed by atoms with Gasteiger partial charge in [-0.1, -0.05) is 53.0 Å². The average Bonchev–Trinajstić information content (AvgIpc) is 2.50. The van der Waals surface area contributed by atoms with Crippen LogP contribution in [0.15, 0.2) is 11.6 Å². The van der Waals surface area contributed by atoms with E-state index in [1.807, 2.05) is 13.8 Å². The van der Waals surface area contributed by atoms with Gasteiger partial charge in [0.1, 0.15) is 0 Å². The molecule has 0 aliphatic heterocycles. The molecule has 3 atom stereocenters. The van der Waals surface area contributed by atoms with Gasteiger partial charge in [-0.25, -0.2) is 0 Å². The maximum absolute atomic E-state index is 11.3. The van der Waals surface area contributed by atoms with E-state index in [0.717, 1.165) is 19.3 Å². The third kappa shape index (κ3) is 7.95. The highest BCUT2D eigenvalue weighted by molar-refractivity contribution is 5.70. The summed E-state index contributed by atoms with van der Waals surface area (Å²) in [5.74, 6) is -0.0137. The molecule has 0 aromatic rings. The summed E-state index contributed by atoms with van der Waals surface area (Å²) in [7, 11) is 1.31. The average molecular weight is 314 g/mol. The Hall–Kier alpha value is -0.870. The van der Waals surface area contributed by atoms with Gasteiger partial charge in [0.2, 0.25) is 0 Å². The predicted molar refractivity (Wildman–Crippen MR) is 89.6 cm³/mol. The Labute approximate surface area is 135 Å². The summed E-state index contributed by atoms with van der Waals surface area (Å²) in [6.07, 6.45) is 6.10. The summed E-state index contributed by atoms with van der Waals surface area (Å²) in [6.45, 7) is 8.18. The number of carbonyl (C=O) groups excluding carboxylic acids is 1. The van der Waals surface area contributed by atoms with E-state index >= 15 is 0 Å². The van der Waals surface area contributed by atoms with Gasteiger partial charge in [0.05, 0.1) is 25.2 Å². The lowest BCUT2D eigenvalue weighted by molar-refractivity contribution is -0.142. The highest BCUT2D eigenvalue weighted by atomic mass is 16.5. The number of unbranched alkanes of at least 4 members (excludes halogenated alkanes) is 1. The number of carbonyl (C=O) groups is 1. The SMILES string of the molecule is CCCCC(C)CC(O)(/C=C(/CC)[C@@H](O)CC(=O)OC)CC. The van der Waals surface area contributed by atoms with E-state index in [2.05, 4.69) is 18.6 Å². The maximum Gasteiger partial charge on any atom is 0.308 e. The molecule has 0 amide bonds. The molecule has 2 N–H and O–H groups in total. The van der Waals surface area contributed by atoms with E-state index in [1.54, 1.807) is 6.08 Å². The molecule has 0 heterocycles. The molecule has 0 aliphatic rings. The highest BCUT2D eigenvalue weighted by Gasteiger charge is 2.27. The Balaban J connectivity index is 4.95. The molecule has 0 fully saturated rings. The molecular formula is C18H34O4. The van der Waals surface area contributed by atoms with Crippen molar-refractivity contribution in [3.05, 3.63) is 11.6 Å². The fourth-order valence-electron chi connectivity index (χ4n) is 2.71. The molecule has 0 bridgehead atoms. The number of aliphatic hydroxyl groups is 2. The second-order valence-electron chi connectivity index (χ2n) is 6.28. The van der Waals surface area contributed by atoms with Crippen molar-refractivity contribution in [1.82, 2.24) is 0 Å². The van der Waals surface area contributed by atoms with Crippen LogP contribution in [0.1, 0.15) is 72.6 Å². The molecular weight excluding hydrogens is 280 g/mol. The second kappa shape index (κ2) is 10.8. The summed E-state index contributed by atoms with van der Waals surface area (Å²) in [5.41, 5.74) is -0.215. The van der Waals surface area contributed by atoms with E-state index < -0.39 is 17.7 Å². The lowest BCUT2D eigenvalue weighted by Gasteiger charge is -2.29. The molecule has 0 saturated carbocycles. The van der Waals surface area contributed by atoms with E-state index in [0.29, 0.717) is 30.8 Å². The lowest BCUT2D eigenvalue weighted by Crippen LogP contribution is -2.30. The lowest BCUT2D eigenvalue weighted by atomic mass is 9.84. The van der Waals surface area contributed by atoms with Crippen molar-refractivity contribution >= 4 is 5.97 Å². The number of hydrogen-bond acceptors (Lipinski definition) is 4. The maximum atomic E-state index is 11.3. The van der Waals surface area contributed by atoms with Crippen LogP contribution in [0.2, 0.25) is 0 Å². The Kier molecular flexibility index (Phi) is 10.4. The van der Waals surface area contributed by atoms with Crippen LogP contribution >= 0.6 is 0 Å². The third-order valence-electron chi connectivity index (χ3n) is 4.24. The van der Waals surface area contributed by atoms with Gasteiger partial charge in [-0.15, -0.1) is 0 Å². The number of methoxy groups -OCH3 is 1. The minimum Gasteiger partial charge on any atom is -0.469 e. The van der Waals surface area contributed by atoms with Crippen molar-refractivity contribution in [2.24, 2.45) is 5.92 Å². The molecule has 2 unspecified atom stereocenters. The van der Waals surface area contributed by atoms with Gasteiger partial charge < -0.3 is 14.9 Å². The summed E-state index contributed by atoms with van der Waals surface area (Å²) in [4.78, 5) is 11.3. The standard InChI is InChI=1S/C18H34O4/c1-6-9-10-14(4)12-18(21,8-3)13-15(7-2)16(19)11-17(20)22-5/h13-14,16,19,21H,6-12H2,1-5H3/b15-13-/t14?,16-,18?/m0/s1. The molecule has 0 radical (unpaired) electrons. The van der Waals surface area contributed by atoms with Crippen LogP contribution < -0.4 is 0 Å². The molecule has 0 aromatic heterocycles. The topological polar surface area (TPSA) is 66.8 Å². The molecule has 0 rings (SSSR count). The van der Waals surface area contributed by atoms with Crippen molar-refractivity contribution < 1.29 is 19.7 Å². The van der Waals surface area contributed by atoms with Gasteiger partial charge in [-0.2, -0.15) is 0 Å². The van der Waals surface area contributed by atoms with Crippen LogP contribution in [-0.4, -0.2) is 35.0 Å². The molecule has 22 heavy (non-hydrogen) atoms. The Morgan fingerprint density at radius 3 is 2.41 bits per heavy atom.